The molecule has 0 bridgehead atoms. The summed E-state index contributed by atoms with van der Waals surface area (Å²) >= 11 is 0. The van der Waals surface area contributed by atoms with Crippen molar-refractivity contribution in [1.82, 2.24) is 4.90 Å². The largest absolute Gasteiger partial charge is 0.411 e. The van der Waals surface area contributed by atoms with Gasteiger partial charge >= 0.3 is 0 Å². The highest BCUT2D eigenvalue weighted by molar-refractivity contribution is 5.89. The van der Waals surface area contributed by atoms with Crippen molar-refractivity contribution in [2.45, 2.75) is 44.6 Å². The van der Waals surface area contributed by atoms with Gasteiger partial charge in [0.25, 0.3) is 0 Å². The zero-order valence-electron chi connectivity index (χ0n) is 8.66. The Morgan fingerprint density at radius 3 is 2.54 bits per heavy atom. The van der Waals surface area contributed by atoms with Crippen LogP contribution in [0.3, 0.4) is 0 Å². The summed E-state index contributed by atoms with van der Waals surface area (Å²) in [7, 11) is 4.11. The Morgan fingerprint density at radius 1 is 1.23 bits per heavy atom. The van der Waals surface area contributed by atoms with Gasteiger partial charge in [-0.15, -0.1) is 0 Å². The molecule has 76 valence electrons. The molecule has 0 unspecified atom stereocenters. The average molecular weight is 184 g/mol. The molecule has 0 amide bonds. The molecule has 0 aliphatic heterocycles. The maximum absolute atomic E-state index is 8.89. The van der Waals surface area contributed by atoms with E-state index in [-0.39, 0.29) is 0 Å². The third-order valence-electron chi connectivity index (χ3n) is 2.80. The normalized spacial score (nSPS) is 28.8. The molecule has 0 aromatic rings. The Bertz CT molecular complexity index is 178. The van der Waals surface area contributed by atoms with Gasteiger partial charge in [-0.1, -0.05) is 24.4 Å². The Hall–Kier alpha value is -0.570. The summed E-state index contributed by atoms with van der Waals surface area (Å²) in [6.07, 6.45) is 7.11. The van der Waals surface area contributed by atoms with Crippen LogP contribution in [0.1, 0.15) is 38.5 Å². The van der Waals surface area contributed by atoms with E-state index in [0.29, 0.717) is 6.04 Å². The number of hydrogen-bond acceptors (Lipinski definition) is 3. The van der Waals surface area contributed by atoms with E-state index in [1.807, 2.05) is 0 Å². The van der Waals surface area contributed by atoms with Crippen molar-refractivity contribution >= 4 is 5.71 Å². The third-order valence-corrected chi connectivity index (χ3v) is 2.80. The van der Waals surface area contributed by atoms with Gasteiger partial charge in [-0.25, -0.2) is 0 Å². The van der Waals surface area contributed by atoms with Crippen molar-refractivity contribution in [3.05, 3.63) is 0 Å². The molecule has 1 rings (SSSR count). The van der Waals surface area contributed by atoms with E-state index in [1.54, 1.807) is 0 Å². The summed E-state index contributed by atoms with van der Waals surface area (Å²) in [5.74, 6) is 0. The van der Waals surface area contributed by atoms with E-state index in [2.05, 4.69) is 24.2 Å². The first-order chi connectivity index (χ1) is 6.25. The number of hydrogen-bond donors (Lipinski definition) is 1. The van der Waals surface area contributed by atoms with E-state index in [9.17, 15) is 0 Å². The number of oxime groups is 1. The van der Waals surface area contributed by atoms with Gasteiger partial charge < -0.3 is 10.1 Å². The summed E-state index contributed by atoms with van der Waals surface area (Å²) in [6, 6.07) is 0.352. The molecule has 1 N–H and O–H groups in total. The molecule has 1 aliphatic rings. The smallest absolute Gasteiger partial charge is 0.0741 e. The first-order valence-corrected chi connectivity index (χ1v) is 5.13. The average Bonchev–Trinajstić information content (AvgIpc) is 2.03. The van der Waals surface area contributed by atoms with E-state index in [0.717, 1.165) is 18.6 Å². The molecule has 1 saturated carbocycles. The van der Waals surface area contributed by atoms with Gasteiger partial charge in [-0.2, -0.15) is 0 Å². The van der Waals surface area contributed by atoms with E-state index >= 15 is 0 Å². The standard InChI is InChI=1S/C10H20N2O/c1-12(2)10-8-6-4-3-5-7-9(10)11-13/h10,13H,3-8H2,1-2H3/b11-9+/t10-/m0/s1. The Balaban J connectivity index is 2.61. The summed E-state index contributed by atoms with van der Waals surface area (Å²) < 4.78 is 0. The maximum atomic E-state index is 8.89. The predicted octanol–water partition coefficient (Wildman–Crippen LogP) is 2.10. The van der Waals surface area contributed by atoms with Crippen molar-refractivity contribution in [1.29, 1.82) is 0 Å². The minimum Gasteiger partial charge on any atom is -0.411 e. The van der Waals surface area contributed by atoms with Crippen LogP contribution in [0.5, 0.6) is 0 Å². The van der Waals surface area contributed by atoms with Gasteiger partial charge in [0.1, 0.15) is 0 Å². The highest BCUT2D eigenvalue weighted by Gasteiger charge is 2.19. The maximum Gasteiger partial charge on any atom is 0.0741 e. The number of rotatable bonds is 1. The summed E-state index contributed by atoms with van der Waals surface area (Å²) in [5, 5.41) is 12.3. The lowest BCUT2D eigenvalue weighted by Crippen LogP contribution is -2.36. The molecule has 13 heavy (non-hydrogen) atoms. The van der Waals surface area contributed by atoms with Crippen molar-refractivity contribution in [3.63, 3.8) is 0 Å². The first kappa shape index (κ1) is 10.5. The SMILES string of the molecule is CN(C)[C@H]1CCCCCC/C1=N\O. The molecule has 1 atom stereocenters. The molecule has 0 aromatic carbocycles. The fraction of sp³-hybridized carbons (Fsp3) is 0.900. The van der Waals surface area contributed by atoms with Crippen molar-refractivity contribution in [3.8, 4) is 0 Å². The summed E-state index contributed by atoms with van der Waals surface area (Å²) in [5.41, 5.74) is 0.963. The second-order valence-corrected chi connectivity index (χ2v) is 4.02. The van der Waals surface area contributed by atoms with Crippen LogP contribution in [-0.4, -0.2) is 36.0 Å². The molecule has 3 nitrogen and oxygen atoms in total. The topological polar surface area (TPSA) is 35.8 Å². The van der Waals surface area contributed by atoms with Gasteiger partial charge in [0, 0.05) is 0 Å². The molecule has 1 aliphatic carbocycles. The van der Waals surface area contributed by atoms with Crippen LogP contribution in [0, 0.1) is 0 Å². The van der Waals surface area contributed by atoms with Gasteiger partial charge in [0.05, 0.1) is 11.8 Å². The highest BCUT2D eigenvalue weighted by atomic mass is 16.4. The monoisotopic (exact) mass is 184 g/mol. The van der Waals surface area contributed by atoms with Gasteiger partial charge in [-0.3, -0.25) is 0 Å². The Morgan fingerprint density at radius 2 is 1.92 bits per heavy atom. The van der Waals surface area contributed by atoms with Crippen molar-refractivity contribution in [2.75, 3.05) is 14.1 Å². The van der Waals surface area contributed by atoms with Crippen LogP contribution in [0.4, 0.5) is 0 Å². The summed E-state index contributed by atoms with van der Waals surface area (Å²) in [4.78, 5) is 2.15. The minimum atomic E-state index is 0.352. The zero-order valence-corrected chi connectivity index (χ0v) is 8.66. The molecular weight excluding hydrogens is 164 g/mol. The highest BCUT2D eigenvalue weighted by Crippen LogP contribution is 2.18. The van der Waals surface area contributed by atoms with Crippen LogP contribution in [0.25, 0.3) is 0 Å². The quantitative estimate of drug-likeness (QED) is 0.500. The molecule has 1 fully saturated rings. The molecule has 0 radical (unpaired) electrons. The second-order valence-electron chi connectivity index (χ2n) is 4.02. The van der Waals surface area contributed by atoms with Gasteiger partial charge in [-0.05, 0) is 33.4 Å². The molecular formula is C10H20N2O. The molecule has 3 heteroatoms. The van der Waals surface area contributed by atoms with E-state index in [4.69, 9.17) is 5.21 Å². The van der Waals surface area contributed by atoms with E-state index < -0.39 is 0 Å². The fourth-order valence-electron chi connectivity index (χ4n) is 2.00. The third kappa shape index (κ3) is 2.99. The van der Waals surface area contributed by atoms with Gasteiger partial charge in [0.15, 0.2) is 0 Å². The van der Waals surface area contributed by atoms with Crippen molar-refractivity contribution < 1.29 is 5.21 Å². The Kier molecular flexibility index (Phi) is 4.22. The molecule has 0 saturated heterocycles. The summed E-state index contributed by atoms with van der Waals surface area (Å²) in [6.45, 7) is 0. The molecule has 0 aromatic heterocycles. The van der Waals surface area contributed by atoms with Crippen LogP contribution in [0.15, 0.2) is 5.16 Å². The Labute approximate surface area is 80.4 Å². The van der Waals surface area contributed by atoms with Gasteiger partial charge in [0.2, 0.25) is 0 Å². The minimum absolute atomic E-state index is 0.352. The predicted molar refractivity (Wildman–Crippen MR) is 54.4 cm³/mol. The lowest BCUT2D eigenvalue weighted by Gasteiger charge is -2.26. The molecule has 0 heterocycles. The van der Waals surface area contributed by atoms with Crippen LogP contribution < -0.4 is 0 Å². The van der Waals surface area contributed by atoms with Crippen LogP contribution in [-0.2, 0) is 0 Å². The number of nitrogens with zero attached hydrogens (tertiary/aromatic N) is 2. The lowest BCUT2D eigenvalue weighted by atomic mass is 9.94. The fourth-order valence-corrected chi connectivity index (χ4v) is 2.00. The zero-order chi connectivity index (χ0) is 9.68. The first-order valence-electron chi connectivity index (χ1n) is 5.13. The van der Waals surface area contributed by atoms with Crippen LogP contribution >= 0.6 is 0 Å². The van der Waals surface area contributed by atoms with E-state index in [1.165, 1.54) is 25.7 Å². The second kappa shape index (κ2) is 5.22. The molecule has 0 spiro atoms. The van der Waals surface area contributed by atoms with Crippen molar-refractivity contribution in [2.24, 2.45) is 5.16 Å². The lowest BCUT2D eigenvalue weighted by molar-refractivity contribution is 0.287. The van der Waals surface area contributed by atoms with Crippen LogP contribution in [0.2, 0.25) is 0 Å².